The van der Waals surface area contributed by atoms with Gasteiger partial charge in [0.15, 0.2) is 0 Å². The molecule has 2 N–H and O–H groups in total. The Labute approximate surface area is 98.3 Å². The van der Waals surface area contributed by atoms with Gasteiger partial charge in [0.05, 0.1) is 0 Å². The van der Waals surface area contributed by atoms with Crippen molar-refractivity contribution in [2.75, 3.05) is 0 Å². The number of hydrogen-bond donors (Lipinski definition) is 2. The molecule has 8 heavy (non-hydrogen) atoms. The van der Waals surface area contributed by atoms with Gasteiger partial charge in [0, 0.05) is 34.1 Å². The zero-order valence-electron chi connectivity index (χ0n) is 2.80. The molecule has 0 atom stereocenters. The average molecular weight is 259 g/mol. The molecule has 0 unspecified atom stereocenters. The first-order valence-electron chi connectivity index (χ1n) is 0.698. The summed E-state index contributed by atoms with van der Waals surface area (Å²) in [5, 5.41) is 0. The third-order valence-electron chi connectivity index (χ3n) is 0. The minimum Gasteiger partial charge on any atom is 0 e. The maximum atomic E-state index is 8.74. The zero-order chi connectivity index (χ0) is 4.50. The summed E-state index contributed by atoms with van der Waals surface area (Å²) >= 11 is 0. The van der Waals surface area contributed by atoms with Gasteiger partial charge in [0.2, 0.25) is 0 Å². The fourth-order valence-electron chi connectivity index (χ4n) is 0. The molecule has 0 aliphatic heterocycles. The smallest absolute Gasteiger partial charge is 0 e. The van der Waals surface area contributed by atoms with Crippen molar-refractivity contribution in [3.05, 3.63) is 0 Å². The van der Waals surface area contributed by atoms with Gasteiger partial charge >= 0.3 is 48.1 Å². The third-order valence-corrected chi connectivity index (χ3v) is 0. The van der Waals surface area contributed by atoms with Gasteiger partial charge in [-0.25, -0.2) is 0 Å². The van der Waals surface area contributed by atoms with Crippen LogP contribution >= 0.6 is 0 Å². The van der Waals surface area contributed by atoms with Crippen molar-refractivity contribution in [1.82, 2.24) is 0 Å². The van der Waals surface area contributed by atoms with Gasteiger partial charge < -0.3 is 0 Å². The van der Waals surface area contributed by atoms with Crippen LogP contribution in [0.4, 0.5) is 0 Å². The van der Waals surface area contributed by atoms with Crippen LogP contribution in [0, 0.1) is 0 Å². The number of hydrogen-bond acceptors (Lipinski definition) is 2. The number of rotatable bonds is 0. The van der Waals surface area contributed by atoms with Crippen molar-refractivity contribution in [3.8, 4) is 0 Å². The van der Waals surface area contributed by atoms with Crippen molar-refractivity contribution in [2.45, 2.75) is 0 Å². The Morgan fingerprint density at radius 2 is 1.12 bits per heavy atom. The van der Waals surface area contributed by atoms with Crippen molar-refractivity contribution >= 4 is 48.1 Å². The van der Waals surface area contributed by atoms with E-state index < -0.39 is 10.4 Å². The first kappa shape index (κ1) is 22.5. The molecule has 0 aromatic heterocycles. The second-order valence-corrected chi connectivity index (χ2v) is 1.34. The van der Waals surface area contributed by atoms with E-state index in [9.17, 15) is 0 Å². The Bertz CT molecular complexity index is 99.2. The van der Waals surface area contributed by atoms with Crippen LogP contribution in [0.2, 0.25) is 0 Å². The molecule has 0 heterocycles. The molecule has 0 aromatic carbocycles. The van der Waals surface area contributed by atoms with Crippen molar-refractivity contribution in [1.29, 1.82) is 0 Å². The summed E-state index contributed by atoms with van der Waals surface area (Å²) in [6, 6.07) is 0. The third kappa shape index (κ3) is 89.3. The minimum absolute atomic E-state index is 0. The zero-order valence-corrected chi connectivity index (χ0v) is 5.74. The van der Waals surface area contributed by atoms with Crippen LogP contribution in [0.5, 0.6) is 0 Å². The average Bonchev–Trinajstić information content (AvgIpc) is 0.722. The summed E-state index contributed by atoms with van der Waals surface area (Å²) in [5.74, 6) is 0. The van der Waals surface area contributed by atoms with Gasteiger partial charge in [-0.2, -0.15) is 8.42 Å². The standard InChI is InChI=1S/Ca.Cu.Mn.H2O4S.2H/c;;;1-5(2,3)4;;/h;;;(H2,1,2,3,4);;. The topological polar surface area (TPSA) is 74.6 Å². The van der Waals surface area contributed by atoms with Gasteiger partial charge in [-0.15, -0.1) is 0 Å². The van der Waals surface area contributed by atoms with Gasteiger partial charge in [0.1, 0.15) is 0 Å². The molecule has 2 radical (unpaired) electrons. The van der Waals surface area contributed by atoms with Crippen molar-refractivity contribution in [3.63, 3.8) is 0 Å². The molecule has 0 rings (SSSR count). The fourth-order valence-corrected chi connectivity index (χ4v) is 0. The van der Waals surface area contributed by atoms with Crippen LogP contribution in [0.25, 0.3) is 0 Å². The van der Waals surface area contributed by atoms with Crippen LogP contribution in [0.15, 0.2) is 0 Å². The summed E-state index contributed by atoms with van der Waals surface area (Å²) in [5.41, 5.74) is 0. The largest absolute Gasteiger partial charge is 0 e. The Balaban J connectivity index is -0.0000000267. The molecular weight excluding hydrogens is 255 g/mol. The van der Waals surface area contributed by atoms with E-state index in [-0.39, 0.29) is 71.9 Å². The summed E-state index contributed by atoms with van der Waals surface area (Å²) < 4.78 is 31.6. The van der Waals surface area contributed by atoms with Gasteiger partial charge in [-0.05, 0) is 0 Å². The molecule has 0 spiro atoms. The Hall–Kier alpha value is 2.17. The van der Waals surface area contributed by atoms with Crippen molar-refractivity contribution < 1.29 is 51.7 Å². The van der Waals surface area contributed by atoms with E-state index in [1.807, 2.05) is 0 Å². The molecule has 4 nitrogen and oxygen atoms in total. The molecule has 8 heteroatoms. The molecule has 0 aliphatic rings. The second kappa shape index (κ2) is 9.17. The van der Waals surface area contributed by atoms with Crippen LogP contribution in [0.3, 0.4) is 0 Å². The van der Waals surface area contributed by atoms with E-state index in [1.165, 1.54) is 0 Å². The molecule has 0 saturated heterocycles. The Kier molecular flexibility index (Phi) is 25.7. The van der Waals surface area contributed by atoms with Crippen molar-refractivity contribution in [2.24, 2.45) is 0 Å². The predicted octanol–water partition coefficient (Wildman–Crippen LogP) is -1.57. The maximum Gasteiger partial charge on any atom is 0 e. The fraction of sp³-hybridized carbons (Fsp3) is 0. The van der Waals surface area contributed by atoms with Crippen LogP contribution < -0.4 is 0 Å². The molecule has 0 amide bonds. The van der Waals surface area contributed by atoms with E-state index in [2.05, 4.69) is 0 Å². The molecule has 0 aliphatic carbocycles. The molecule has 0 bridgehead atoms. The van der Waals surface area contributed by atoms with Crippen LogP contribution in [-0.4, -0.2) is 55.3 Å². The SMILES string of the molecule is O=S(=O)(O)O.[CaH2].[Cu].[Mn]. The van der Waals surface area contributed by atoms with E-state index in [0.717, 1.165) is 0 Å². The first-order valence-corrected chi connectivity index (χ1v) is 2.10. The summed E-state index contributed by atoms with van der Waals surface area (Å²) in [4.78, 5) is 0. The summed E-state index contributed by atoms with van der Waals surface area (Å²) in [6.45, 7) is 0. The first-order chi connectivity index (χ1) is 2.00. The molecule has 0 fully saturated rings. The van der Waals surface area contributed by atoms with Gasteiger partial charge in [-0.3, -0.25) is 9.11 Å². The Morgan fingerprint density at radius 3 is 1.12 bits per heavy atom. The van der Waals surface area contributed by atoms with E-state index in [0.29, 0.717) is 0 Å². The van der Waals surface area contributed by atoms with Gasteiger partial charge in [-0.1, -0.05) is 0 Å². The van der Waals surface area contributed by atoms with Crippen LogP contribution in [0.1, 0.15) is 0 Å². The predicted molar refractivity (Wildman–Crippen MR) is 22.7 cm³/mol. The van der Waals surface area contributed by atoms with E-state index in [1.54, 1.807) is 0 Å². The summed E-state index contributed by atoms with van der Waals surface area (Å²) in [7, 11) is -4.67. The molecule has 54 valence electrons. The van der Waals surface area contributed by atoms with E-state index in [4.69, 9.17) is 17.5 Å². The van der Waals surface area contributed by atoms with E-state index >= 15 is 0 Å². The quantitative estimate of drug-likeness (QED) is 0.407. The minimum atomic E-state index is -4.67. The Morgan fingerprint density at radius 1 is 1.12 bits per heavy atom. The molecule has 0 saturated carbocycles. The normalized spacial score (nSPS) is 7.25. The second-order valence-electron chi connectivity index (χ2n) is 0.448. The summed E-state index contributed by atoms with van der Waals surface area (Å²) in [6.07, 6.45) is 0. The molecular formula is H4CaCuMnO4S. The molecule has 0 aromatic rings. The monoisotopic (exact) mass is 258 g/mol. The van der Waals surface area contributed by atoms with Gasteiger partial charge in [0.25, 0.3) is 0 Å². The maximum absolute atomic E-state index is 8.74. The van der Waals surface area contributed by atoms with Crippen LogP contribution in [-0.2, 0) is 44.5 Å².